The Bertz CT molecular complexity index is 197. The second kappa shape index (κ2) is 3.58. The van der Waals surface area contributed by atoms with E-state index in [1.165, 1.54) is 4.88 Å². The summed E-state index contributed by atoms with van der Waals surface area (Å²) in [6.45, 7) is 3.25. The zero-order chi connectivity index (χ0) is 7.40. The van der Waals surface area contributed by atoms with E-state index in [-0.39, 0.29) is 0 Å². The predicted octanol–water partition coefficient (Wildman–Crippen LogP) is 1.39. The molecule has 0 radical (unpaired) electrons. The molecular weight excluding hydrogens is 146 g/mol. The molecule has 0 atom stereocenters. The minimum Gasteiger partial charge on any atom is -0.483 e. The maximum absolute atomic E-state index is 5.27. The Morgan fingerprint density at radius 2 is 2.40 bits per heavy atom. The van der Waals surface area contributed by atoms with Crippen LogP contribution in [0.3, 0.4) is 0 Å². The summed E-state index contributed by atoms with van der Waals surface area (Å²) < 4.78 is 5.27. The van der Waals surface area contributed by atoms with Crippen LogP contribution in [-0.4, -0.2) is 13.2 Å². The summed E-state index contributed by atoms with van der Waals surface area (Å²) in [5.74, 6) is 0. The van der Waals surface area contributed by atoms with Crippen molar-refractivity contribution in [2.75, 3.05) is 13.2 Å². The van der Waals surface area contributed by atoms with Crippen LogP contribution in [0.2, 0.25) is 0 Å². The molecule has 0 saturated heterocycles. The van der Waals surface area contributed by atoms with Crippen LogP contribution in [0.5, 0.6) is 5.06 Å². The number of thiophene rings is 1. The monoisotopic (exact) mass is 157 g/mol. The molecule has 0 unspecified atom stereocenters. The molecule has 1 rings (SSSR count). The fraction of sp³-hybridized carbons (Fsp3) is 0.429. The lowest BCUT2D eigenvalue weighted by Crippen LogP contribution is -2.09. The van der Waals surface area contributed by atoms with Crippen molar-refractivity contribution in [2.45, 2.75) is 6.92 Å². The van der Waals surface area contributed by atoms with Crippen molar-refractivity contribution in [3.63, 3.8) is 0 Å². The summed E-state index contributed by atoms with van der Waals surface area (Å²) in [6, 6.07) is 4.01. The van der Waals surface area contributed by atoms with Crippen molar-refractivity contribution in [1.29, 1.82) is 0 Å². The highest BCUT2D eigenvalue weighted by Gasteiger charge is 1.94. The van der Waals surface area contributed by atoms with Crippen LogP contribution < -0.4 is 10.5 Å². The predicted molar refractivity (Wildman–Crippen MR) is 43.6 cm³/mol. The normalized spacial score (nSPS) is 9.80. The number of rotatable bonds is 3. The quantitative estimate of drug-likeness (QED) is 0.719. The molecule has 0 aliphatic rings. The first-order valence-electron chi connectivity index (χ1n) is 3.22. The average molecular weight is 157 g/mol. The highest BCUT2D eigenvalue weighted by Crippen LogP contribution is 2.22. The summed E-state index contributed by atoms with van der Waals surface area (Å²) in [6.07, 6.45) is 0. The Balaban J connectivity index is 2.42. The van der Waals surface area contributed by atoms with Crippen LogP contribution >= 0.6 is 11.3 Å². The summed E-state index contributed by atoms with van der Waals surface area (Å²) >= 11 is 1.65. The summed E-state index contributed by atoms with van der Waals surface area (Å²) in [7, 11) is 0. The third-order valence-electron chi connectivity index (χ3n) is 1.08. The van der Waals surface area contributed by atoms with Crippen molar-refractivity contribution in [1.82, 2.24) is 0 Å². The maximum Gasteiger partial charge on any atom is 0.174 e. The van der Waals surface area contributed by atoms with Crippen LogP contribution in [0.1, 0.15) is 4.88 Å². The molecule has 3 heteroatoms. The van der Waals surface area contributed by atoms with Gasteiger partial charge in [-0.3, -0.25) is 0 Å². The number of ether oxygens (including phenoxy) is 1. The second-order valence-electron chi connectivity index (χ2n) is 2.00. The Labute approximate surface area is 64.6 Å². The van der Waals surface area contributed by atoms with E-state index < -0.39 is 0 Å². The highest BCUT2D eigenvalue weighted by atomic mass is 32.1. The fourth-order valence-electron chi connectivity index (χ4n) is 0.649. The Hall–Kier alpha value is -0.540. The van der Waals surface area contributed by atoms with Crippen LogP contribution in [0.4, 0.5) is 0 Å². The first-order valence-corrected chi connectivity index (χ1v) is 4.04. The van der Waals surface area contributed by atoms with Gasteiger partial charge in [0.15, 0.2) is 5.06 Å². The van der Waals surface area contributed by atoms with Crippen LogP contribution in [0, 0.1) is 6.92 Å². The standard InChI is InChI=1S/C7H11NOS/c1-6-2-3-7(10-6)9-5-4-8/h2-3H,4-5,8H2,1H3. The SMILES string of the molecule is Cc1ccc(OCCN)s1. The van der Waals surface area contributed by atoms with E-state index in [2.05, 4.69) is 6.92 Å². The number of aryl methyl sites for hydroxylation is 1. The van der Waals surface area contributed by atoms with E-state index in [1.807, 2.05) is 12.1 Å². The highest BCUT2D eigenvalue weighted by molar-refractivity contribution is 7.13. The minimum absolute atomic E-state index is 0.580. The van der Waals surface area contributed by atoms with Gasteiger partial charge >= 0.3 is 0 Å². The minimum atomic E-state index is 0.580. The topological polar surface area (TPSA) is 35.2 Å². The second-order valence-corrected chi connectivity index (χ2v) is 3.25. The molecule has 10 heavy (non-hydrogen) atoms. The van der Waals surface area contributed by atoms with Crippen LogP contribution in [0.25, 0.3) is 0 Å². The lowest BCUT2D eigenvalue weighted by atomic mass is 10.5. The molecular formula is C7H11NOS. The molecule has 0 aromatic carbocycles. The molecule has 0 aliphatic carbocycles. The maximum atomic E-state index is 5.27. The van der Waals surface area contributed by atoms with Crippen molar-refractivity contribution in [3.8, 4) is 5.06 Å². The van der Waals surface area contributed by atoms with E-state index in [0.29, 0.717) is 13.2 Å². The molecule has 0 bridgehead atoms. The van der Waals surface area contributed by atoms with Gasteiger partial charge in [0.1, 0.15) is 6.61 Å². The lowest BCUT2D eigenvalue weighted by molar-refractivity contribution is 0.338. The van der Waals surface area contributed by atoms with Gasteiger partial charge in [0, 0.05) is 11.4 Å². The van der Waals surface area contributed by atoms with Gasteiger partial charge in [0.2, 0.25) is 0 Å². The van der Waals surface area contributed by atoms with Gasteiger partial charge in [0.25, 0.3) is 0 Å². The zero-order valence-corrected chi connectivity index (χ0v) is 6.78. The number of hydrogen-bond acceptors (Lipinski definition) is 3. The van der Waals surface area contributed by atoms with Crippen molar-refractivity contribution < 1.29 is 4.74 Å². The lowest BCUT2D eigenvalue weighted by Gasteiger charge is -1.97. The van der Waals surface area contributed by atoms with Gasteiger partial charge in [-0.2, -0.15) is 0 Å². The molecule has 1 aromatic rings. The third-order valence-corrected chi connectivity index (χ3v) is 1.99. The summed E-state index contributed by atoms with van der Waals surface area (Å²) in [5, 5.41) is 0.961. The van der Waals surface area contributed by atoms with Crippen molar-refractivity contribution >= 4 is 11.3 Å². The Morgan fingerprint density at radius 1 is 1.60 bits per heavy atom. The molecule has 0 saturated carbocycles. The summed E-state index contributed by atoms with van der Waals surface area (Å²) in [5.41, 5.74) is 5.26. The smallest absolute Gasteiger partial charge is 0.174 e. The third kappa shape index (κ3) is 2.01. The molecule has 1 aromatic heterocycles. The molecule has 2 N–H and O–H groups in total. The van der Waals surface area contributed by atoms with Gasteiger partial charge in [-0.25, -0.2) is 0 Å². The van der Waals surface area contributed by atoms with Crippen LogP contribution in [0.15, 0.2) is 12.1 Å². The van der Waals surface area contributed by atoms with Crippen molar-refractivity contribution in [3.05, 3.63) is 17.0 Å². The van der Waals surface area contributed by atoms with Gasteiger partial charge in [-0.15, -0.1) is 11.3 Å². The number of nitrogens with two attached hydrogens (primary N) is 1. The first-order chi connectivity index (χ1) is 4.83. The number of hydrogen-bond donors (Lipinski definition) is 1. The summed E-state index contributed by atoms with van der Waals surface area (Å²) in [4.78, 5) is 1.27. The van der Waals surface area contributed by atoms with E-state index >= 15 is 0 Å². The van der Waals surface area contributed by atoms with E-state index in [0.717, 1.165) is 5.06 Å². The van der Waals surface area contributed by atoms with E-state index in [1.54, 1.807) is 11.3 Å². The molecule has 1 heterocycles. The van der Waals surface area contributed by atoms with Crippen LogP contribution in [-0.2, 0) is 0 Å². The first kappa shape index (κ1) is 7.57. The molecule has 0 spiro atoms. The molecule has 0 amide bonds. The van der Waals surface area contributed by atoms with Crippen molar-refractivity contribution in [2.24, 2.45) is 5.73 Å². The Morgan fingerprint density at radius 3 is 2.90 bits per heavy atom. The molecule has 0 aliphatic heterocycles. The fourth-order valence-corrected chi connectivity index (χ4v) is 1.38. The molecule has 0 fully saturated rings. The molecule has 2 nitrogen and oxygen atoms in total. The largest absolute Gasteiger partial charge is 0.483 e. The van der Waals surface area contributed by atoms with Gasteiger partial charge < -0.3 is 10.5 Å². The zero-order valence-electron chi connectivity index (χ0n) is 5.96. The van der Waals surface area contributed by atoms with Gasteiger partial charge in [-0.05, 0) is 19.1 Å². The molecule has 56 valence electrons. The van der Waals surface area contributed by atoms with Gasteiger partial charge in [-0.1, -0.05) is 0 Å². The van der Waals surface area contributed by atoms with E-state index in [4.69, 9.17) is 10.5 Å². The van der Waals surface area contributed by atoms with Gasteiger partial charge in [0.05, 0.1) is 0 Å². The van der Waals surface area contributed by atoms with E-state index in [9.17, 15) is 0 Å². The average Bonchev–Trinajstić information content (AvgIpc) is 2.31. The Kier molecular flexibility index (Phi) is 2.71.